The van der Waals surface area contributed by atoms with E-state index in [0.29, 0.717) is 0 Å². The monoisotopic (exact) mass is 217 g/mol. The van der Waals surface area contributed by atoms with Crippen molar-refractivity contribution in [3.8, 4) is 0 Å². The van der Waals surface area contributed by atoms with Crippen molar-refractivity contribution in [2.45, 2.75) is 38.1 Å². The first kappa shape index (κ1) is 9.57. The van der Waals surface area contributed by atoms with Crippen LogP contribution in [0.4, 0.5) is 5.82 Å². The van der Waals surface area contributed by atoms with Gasteiger partial charge in [0, 0.05) is 17.9 Å². The summed E-state index contributed by atoms with van der Waals surface area (Å²) in [5, 5.41) is 11.5. The number of rotatable bonds is 2. The highest BCUT2D eigenvalue weighted by Crippen LogP contribution is 2.32. The molecule has 2 aromatic rings. The molecule has 0 aliphatic heterocycles. The van der Waals surface area contributed by atoms with E-state index in [4.69, 9.17) is 0 Å². The second-order valence-electron chi connectivity index (χ2n) is 4.73. The summed E-state index contributed by atoms with van der Waals surface area (Å²) in [4.78, 5) is 4.35. The van der Waals surface area contributed by atoms with Gasteiger partial charge in [0.1, 0.15) is 6.33 Å². The molecule has 0 unspecified atom stereocenters. The predicted octanol–water partition coefficient (Wildman–Crippen LogP) is 1.87. The van der Waals surface area contributed by atoms with Gasteiger partial charge in [-0.1, -0.05) is 12.8 Å². The minimum absolute atomic E-state index is 0.167. The Bertz CT molecular complexity index is 498. The van der Waals surface area contributed by atoms with E-state index in [-0.39, 0.29) is 5.54 Å². The van der Waals surface area contributed by atoms with Crippen molar-refractivity contribution in [1.29, 1.82) is 0 Å². The molecular weight excluding hydrogens is 202 g/mol. The molecule has 0 atom stereocenters. The van der Waals surface area contributed by atoms with Gasteiger partial charge in [0.05, 0.1) is 0 Å². The number of aromatic nitrogens is 4. The highest BCUT2D eigenvalue weighted by Gasteiger charge is 2.29. The SMILES string of the molecule is CC1(Nc2nccn3cnnc23)CCCC1. The molecule has 2 aromatic heterocycles. The predicted molar refractivity (Wildman–Crippen MR) is 61.3 cm³/mol. The van der Waals surface area contributed by atoms with Gasteiger partial charge in [0.2, 0.25) is 5.65 Å². The molecule has 0 spiro atoms. The van der Waals surface area contributed by atoms with E-state index >= 15 is 0 Å². The van der Waals surface area contributed by atoms with Gasteiger partial charge < -0.3 is 5.32 Å². The van der Waals surface area contributed by atoms with Gasteiger partial charge in [0.15, 0.2) is 5.82 Å². The molecule has 1 aliphatic carbocycles. The summed E-state index contributed by atoms with van der Waals surface area (Å²) >= 11 is 0. The Morgan fingerprint density at radius 2 is 2.19 bits per heavy atom. The molecule has 0 bridgehead atoms. The van der Waals surface area contributed by atoms with Crippen molar-refractivity contribution >= 4 is 11.5 Å². The smallest absolute Gasteiger partial charge is 0.203 e. The van der Waals surface area contributed by atoms with Gasteiger partial charge in [-0.25, -0.2) is 4.98 Å². The third kappa shape index (κ3) is 1.52. The van der Waals surface area contributed by atoms with Crippen LogP contribution in [0, 0.1) is 0 Å². The van der Waals surface area contributed by atoms with Crippen LogP contribution in [0.5, 0.6) is 0 Å². The van der Waals surface area contributed by atoms with Gasteiger partial charge >= 0.3 is 0 Å². The molecule has 0 amide bonds. The molecular formula is C11H15N5. The Kier molecular flexibility index (Phi) is 2.05. The van der Waals surface area contributed by atoms with E-state index in [9.17, 15) is 0 Å². The lowest BCUT2D eigenvalue weighted by Crippen LogP contribution is -2.31. The van der Waals surface area contributed by atoms with Crippen LogP contribution < -0.4 is 5.32 Å². The largest absolute Gasteiger partial charge is 0.362 e. The fourth-order valence-electron chi connectivity index (χ4n) is 2.41. The first-order valence-corrected chi connectivity index (χ1v) is 5.69. The van der Waals surface area contributed by atoms with Crippen molar-refractivity contribution < 1.29 is 0 Å². The van der Waals surface area contributed by atoms with Crippen molar-refractivity contribution in [3.63, 3.8) is 0 Å². The highest BCUT2D eigenvalue weighted by atomic mass is 15.3. The Morgan fingerprint density at radius 1 is 1.38 bits per heavy atom. The van der Waals surface area contributed by atoms with Crippen molar-refractivity contribution in [2.75, 3.05) is 5.32 Å². The van der Waals surface area contributed by atoms with Crippen LogP contribution >= 0.6 is 0 Å². The molecule has 1 fully saturated rings. The van der Waals surface area contributed by atoms with Crippen LogP contribution in [-0.2, 0) is 0 Å². The van der Waals surface area contributed by atoms with Crippen LogP contribution in [0.1, 0.15) is 32.6 Å². The second kappa shape index (κ2) is 3.43. The zero-order chi connectivity index (χ0) is 11.0. The molecule has 1 saturated carbocycles. The second-order valence-corrected chi connectivity index (χ2v) is 4.73. The first-order chi connectivity index (χ1) is 7.77. The number of nitrogens with one attached hydrogen (secondary N) is 1. The van der Waals surface area contributed by atoms with E-state index < -0.39 is 0 Å². The van der Waals surface area contributed by atoms with Crippen molar-refractivity contribution in [1.82, 2.24) is 19.6 Å². The van der Waals surface area contributed by atoms with Gasteiger partial charge in [-0.2, -0.15) is 0 Å². The first-order valence-electron chi connectivity index (χ1n) is 5.69. The number of fused-ring (bicyclic) bond motifs is 1. The molecule has 0 saturated heterocycles. The molecule has 84 valence electrons. The average Bonchev–Trinajstić information content (AvgIpc) is 2.87. The third-order valence-electron chi connectivity index (χ3n) is 3.34. The molecule has 5 heteroatoms. The summed E-state index contributed by atoms with van der Waals surface area (Å²) < 4.78 is 1.88. The van der Waals surface area contributed by atoms with Gasteiger partial charge in [-0.3, -0.25) is 4.40 Å². The van der Waals surface area contributed by atoms with Gasteiger partial charge in [0.25, 0.3) is 0 Å². The Labute approximate surface area is 93.9 Å². The van der Waals surface area contributed by atoms with Gasteiger partial charge in [-0.05, 0) is 19.8 Å². The maximum absolute atomic E-state index is 4.35. The fraction of sp³-hybridized carbons (Fsp3) is 0.545. The fourth-order valence-corrected chi connectivity index (χ4v) is 2.41. The maximum Gasteiger partial charge on any atom is 0.203 e. The lowest BCUT2D eigenvalue weighted by molar-refractivity contribution is 0.531. The normalized spacial score (nSPS) is 19.1. The number of anilines is 1. The number of hydrogen-bond acceptors (Lipinski definition) is 4. The third-order valence-corrected chi connectivity index (χ3v) is 3.34. The Morgan fingerprint density at radius 3 is 3.00 bits per heavy atom. The molecule has 2 heterocycles. The zero-order valence-electron chi connectivity index (χ0n) is 9.35. The lowest BCUT2D eigenvalue weighted by Gasteiger charge is -2.25. The number of hydrogen-bond donors (Lipinski definition) is 1. The summed E-state index contributed by atoms with van der Waals surface area (Å²) in [5.74, 6) is 0.837. The zero-order valence-corrected chi connectivity index (χ0v) is 9.35. The van der Waals surface area contributed by atoms with E-state index in [1.54, 1.807) is 12.5 Å². The van der Waals surface area contributed by atoms with Crippen LogP contribution in [0.25, 0.3) is 5.65 Å². The minimum atomic E-state index is 0.167. The summed E-state index contributed by atoms with van der Waals surface area (Å²) in [6.45, 7) is 2.25. The summed E-state index contributed by atoms with van der Waals surface area (Å²) in [6, 6.07) is 0. The van der Waals surface area contributed by atoms with Crippen LogP contribution in [0.2, 0.25) is 0 Å². The van der Waals surface area contributed by atoms with Crippen LogP contribution in [0.3, 0.4) is 0 Å². The summed E-state index contributed by atoms with van der Waals surface area (Å²) in [6.07, 6.45) is 10.3. The molecule has 1 aliphatic rings. The molecule has 3 rings (SSSR count). The topological polar surface area (TPSA) is 55.1 Å². The van der Waals surface area contributed by atoms with Crippen molar-refractivity contribution in [3.05, 3.63) is 18.7 Å². The molecule has 0 aromatic carbocycles. The maximum atomic E-state index is 4.35. The number of nitrogens with zero attached hydrogens (tertiary/aromatic N) is 4. The molecule has 1 N–H and O–H groups in total. The van der Waals surface area contributed by atoms with E-state index in [1.165, 1.54) is 25.7 Å². The minimum Gasteiger partial charge on any atom is -0.362 e. The van der Waals surface area contributed by atoms with E-state index in [0.717, 1.165) is 11.5 Å². The lowest BCUT2D eigenvalue weighted by atomic mass is 10.0. The van der Waals surface area contributed by atoms with E-state index in [1.807, 2.05) is 10.6 Å². The quantitative estimate of drug-likeness (QED) is 0.834. The standard InChI is InChI=1S/C11H15N5/c1-11(4-2-3-5-11)14-9-10-15-13-8-16(10)7-6-12-9/h6-8H,2-5H2,1H3,(H,12,14). The summed E-state index contributed by atoms with van der Waals surface area (Å²) in [7, 11) is 0. The molecule has 5 nitrogen and oxygen atoms in total. The summed E-state index contributed by atoms with van der Waals surface area (Å²) in [5.41, 5.74) is 0.969. The highest BCUT2D eigenvalue weighted by molar-refractivity contribution is 5.62. The van der Waals surface area contributed by atoms with Crippen LogP contribution in [-0.4, -0.2) is 25.1 Å². The van der Waals surface area contributed by atoms with Crippen LogP contribution in [0.15, 0.2) is 18.7 Å². The van der Waals surface area contributed by atoms with E-state index in [2.05, 4.69) is 27.4 Å². The average molecular weight is 217 g/mol. The molecule has 16 heavy (non-hydrogen) atoms. The molecule has 0 radical (unpaired) electrons. The van der Waals surface area contributed by atoms with Gasteiger partial charge in [-0.15, -0.1) is 10.2 Å². The Balaban J connectivity index is 1.96. The van der Waals surface area contributed by atoms with Crippen molar-refractivity contribution in [2.24, 2.45) is 0 Å². The Hall–Kier alpha value is -1.65.